The average molecular weight is 301 g/mol. The molecule has 1 amide bonds. The van der Waals surface area contributed by atoms with E-state index >= 15 is 0 Å². The molecule has 0 atom stereocenters. The molecule has 0 radical (unpaired) electrons. The maximum absolute atomic E-state index is 11.8. The lowest BCUT2D eigenvalue weighted by Crippen LogP contribution is -2.27. The second-order valence-corrected chi connectivity index (χ2v) is 6.28. The molecule has 0 aliphatic carbocycles. The smallest absolute Gasteiger partial charge is 0.254 e. The van der Waals surface area contributed by atoms with Crippen LogP contribution in [-0.2, 0) is 12.5 Å². The van der Waals surface area contributed by atoms with Gasteiger partial charge in [-0.15, -0.1) is 0 Å². The maximum atomic E-state index is 11.8. The number of rotatable bonds is 5. The number of aromatic nitrogens is 2. The van der Waals surface area contributed by atoms with Gasteiger partial charge in [0.2, 0.25) is 0 Å². The Balaban J connectivity index is 1.76. The Hall–Kier alpha value is -2.30. The predicted octanol–water partition coefficient (Wildman–Crippen LogP) is 2.53. The number of hydrogen-bond acceptors (Lipinski definition) is 3. The number of nitrogens with one attached hydrogen (secondary N) is 1. The zero-order valence-electron chi connectivity index (χ0n) is 13.6. The lowest BCUT2D eigenvalue weighted by atomic mass is 9.87. The summed E-state index contributed by atoms with van der Waals surface area (Å²) in [6.45, 7) is 7.42. The van der Waals surface area contributed by atoms with Gasteiger partial charge in [-0.05, 0) is 23.1 Å². The summed E-state index contributed by atoms with van der Waals surface area (Å²) in [6.07, 6.45) is 3.23. The van der Waals surface area contributed by atoms with Crippen LogP contribution in [0.1, 0.15) is 36.7 Å². The normalized spacial score (nSPS) is 11.3. The lowest BCUT2D eigenvalue weighted by Gasteiger charge is -2.19. The van der Waals surface area contributed by atoms with Gasteiger partial charge in [0.25, 0.3) is 5.91 Å². The molecule has 1 heterocycles. The minimum Gasteiger partial charge on any atom is -0.492 e. The van der Waals surface area contributed by atoms with E-state index in [9.17, 15) is 4.79 Å². The summed E-state index contributed by atoms with van der Waals surface area (Å²) in [5, 5.41) is 6.77. The molecular formula is C17H23N3O2. The third-order valence-electron chi connectivity index (χ3n) is 3.34. The fourth-order valence-electron chi connectivity index (χ4n) is 2.03. The summed E-state index contributed by atoms with van der Waals surface area (Å²) in [6, 6.07) is 8.07. The molecule has 0 saturated heterocycles. The van der Waals surface area contributed by atoms with Crippen LogP contribution in [0.2, 0.25) is 0 Å². The minimum atomic E-state index is -0.139. The molecular weight excluding hydrogens is 278 g/mol. The van der Waals surface area contributed by atoms with Gasteiger partial charge in [0.15, 0.2) is 0 Å². The van der Waals surface area contributed by atoms with Crippen molar-refractivity contribution >= 4 is 5.91 Å². The second kappa shape index (κ2) is 6.64. The first kappa shape index (κ1) is 16.1. The van der Waals surface area contributed by atoms with Gasteiger partial charge in [-0.25, -0.2) is 0 Å². The molecule has 1 aromatic carbocycles. The molecule has 0 bridgehead atoms. The molecule has 5 nitrogen and oxygen atoms in total. The van der Waals surface area contributed by atoms with Crippen molar-refractivity contribution in [2.24, 2.45) is 7.05 Å². The fraction of sp³-hybridized carbons (Fsp3) is 0.412. The first-order valence-electron chi connectivity index (χ1n) is 7.36. The molecule has 0 saturated carbocycles. The van der Waals surface area contributed by atoms with Crippen molar-refractivity contribution in [2.45, 2.75) is 26.2 Å². The largest absolute Gasteiger partial charge is 0.492 e. The monoisotopic (exact) mass is 301 g/mol. The minimum absolute atomic E-state index is 0.135. The summed E-state index contributed by atoms with van der Waals surface area (Å²) < 4.78 is 7.23. The maximum Gasteiger partial charge on any atom is 0.254 e. The van der Waals surface area contributed by atoms with E-state index < -0.39 is 0 Å². The fourth-order valence-corrected chi connectivity index (χ4v) is 2.03. The van der Waals surface area contributed by atoms with Crippen molar-refractivity contribution in [3.63, 3.8) is 0 Å². The summed E-state index contributed by atoms with van der Waals surface area (Å²) >= 11 is 0. The molecule has 1 aromatic heterocycles. The van der Waals surface area contributed by atoms with E-state index in [0.29, 0.717) is 18.7 Å². The molecule has 22 heavy (non-hydrogen) atoms. The number of benzene rings is 1. The number of aryl methyl sites for hydroxylation is 1. The lowest BCUT2D eigenvalue weighted by molar-refractivity contribution is 0.0947. The SMILES string of the molecule is Cn1cc(C(=O)NCCOc2ccc(C(C)(C)C)cc2)cn1. The summed E-state index contributed by atoms with van der Waals surface area (Å²) in [7, 11) is 1.78. The second-order valence-electron chi connectivity index (χ2n) is 6.28. The van der Waals surface area contributed by atoms with Gasteiger partial charge < -0.3 is 10.1 Å². The average Bonchev–Trinajstić information content (AvgIpc) is 2.89. The molecule has 5 heteroatoms. The topological polar surface area (TPSA) is 56.2 Å². The predicted molar refractivity (Wildman–Crippen MR) is 86.2 cm³/mol. The van der Waals surface area contributed by atoms with Crippen molar-refractivity contribution < 1.29 is 9.53 Å². The first-order chi connectivity index (χ1) is 10.4. The highest BCUT2D eigenvalue weighted by Gasteiger charge is 2.13. The van der Waals surface area contributed by atoms with Gasteiger partial charge in [-0.1, -0.05) is 32.9 Å². The van der Waals surface area contributed by atoms with Crippen LogP contribution in [-0.4, -0.2) is 28.8 Å². The standard InChI is InChI=1S/C17H23N3O2/c1-17(2,3)14-5-7-15(8-6-14)22-10-9-18-16(21)13-11-19-20(4)12-13/h5-8,11-12H,9-10H2,1-4H3,(H,18,21). The Morgan fingerprint density at radius 2 is 1.95 bits per heavy atom. The first-order valence-corrected chi connectivity index (χ1v) is 7.36. The van der Waals surface area contributed by atoms with E-state index in [-0.39, 0.29) is 11.3 Å². The van der Waals surface area contributed by atoms with Crippen LogP contribution in [0.3, 0.4) is 0 Å². The van der Waals surface area contributed by atoms with Crippen molar-refractivity contribution in [3.8, 4) is 5.75 Å². The summed E-state index contributed by atoms with van der Waals surface area (Å²) in [4.78, 5) is 11.8. The van der Waals surface area contributed by atoms with Crippen LogP contribution in [0.25, 0.3) is 0 Å². The number of carbonyl (C=O) groups excluding carboxylic acids is 1. The molecule has 1 N–H and O–H groups in total. The molecule has 2 rings (SSSR count). The van der Waals surface area contributed by atoms with Crippen LogP contribution in [0, 0.1) is 0 Å². The Bertz CT molecular complexity index is 624. The molecule has 0 aliphatic rings. The Labute approximate surface area is 131 Å². The molecule has 0 unspecified atom stereocenters. The zero-order chi connectivity index (χ0) is 16.2. The van der Waals surface area contributed by atoms with Crippen LogP contribution in [0.15, 0.2) is 36.7 Å². The molecule has 118 valence electrons. The third-order valence-corrected chi connectivity index (χ3v) is 3.34. The molecule has 0 fully saturated rings. The number of hydrogen-bond donors (Lipinski definition) is 1. The highest BCUT2D eigenvalue weighted by atomic mass is 16.5. The molecule has 2 aromatic rings. The number of ether oxygens (including phenoxy) is 1. The highest BCUT2D eigenvalue weighted by molar-refractivity contribution is 5.93. The Morgan fingerprint density at radius 3 is 2.50 bits per heavy atom. The Kier molecular flexibility index (Phi) is 4.85. The summed E-state index contributed by atoms with van der Waals surface area (Å²) in [5.41, 5.74) is 1.96. The third kappa shape index (κ3) is 4.35. The Morgan fingerprint density at radius 1 is 1.27 bits per heavy atom. The van der Waals surface area contributed by atoms with Crippen LogP contribution in [0.5, 0.6) is 5.75 Å². The van der Waals surface area contributed by atoms with Crippen molar-refractivity contribution in [3.05, 3.63) is 47.8 Å². The van der Waals surface area contributed by atoms with E-state index in [1.54, 1.807) is 24.1 Å². The number of amides is 1. The van der Waals surface area contributed by atoms with E-state index in [0.717, 1.165) is 5.75 Å². The zero-order valence-corrected chi connectivity index (χ0v) is 13.6. The molecule has 0 aliphatic heterocycles. The molecule has 0 spiro atoms. The van der Waals surface area contributed by atoms with Gasteiger partial charge >= 0.3 is 0 Å². The highest BCUT2D eigenvalue weighted by Crippen LogP contribution is 2.24. The van der Waals surface area contributed by atoms with Gasteiger partial charge in [0.1, 0.15) is 12.4 Å². The quantitative estimate of drug-likeness (QED) is 0.863. The summed E-state index contributed by atoms with van der Waals surface area (Å²) in [5.74, 6) is 0.670. The van der Waals surface area contributed by atoms with Gasteiger partial charge in [-0.3, -0.25) is 9.48 Å². The van der Waals surface area contributed by atoms with Crippen molar-refractivity contribution in [1.82, 2.24) is 15.1 Å². The van der Waals surface area contributed by atoms with Crippen LogP contribution < -0.4 is 10.1 Å². The van der Waals surface area contributed by atoms with E-state index in [1.807, 2.05) is 12.1 Å². The number of nitrogens with zero attached hydrogens (tertiary/aromatic N) is 2. The van der Waals surface area contributed by atoms with Gasteiger partial charge in [0, 0.05) is 13.2 Å². The van der Waals surface area contributed by atoms with E-state index in [4.69, 9.17) is 4.74 Å². The van der Waals surface area contributed by atoms with Gasteiger partial charge in [-0.2, -0.15) is 5.10 Å². The number of carbonyl (C=O) groups is 1. The van der Waals surface area contributed by atoms with Crippen LogP contribution in [0.4, 0.5) is 0 Å². The van der Waals surface area contributed by atoms with E-state index in [2.05, 4.69) is 43.3 Å². The van der Waals surface area contributed by atoms with Gasteiger partial charge in [0.05, 0.1) is 18.3 Å². The van der Waals surface area contributed by atoms with Crippen molar-refractivity contribution in [2.75, 3.05) is 13.2 Å². The van der Waals surface area contributed by atoms with Crippen molar-refractivity contribution in [1.29, 1.82) is 0 Å². The van der Waals surface area contributed by atoms with Crippen LogP contribution >= 0.6 is 0 Å². The van der Waals surface area contributed by atoms with E-state index in [1.165, 1.54) is 5.56 Å².